The van der Waals surface area contributed by atoms with Gasteiger partial charge in [0.25, 0.3) is 5.69 Å². The van der Waals surface area contributed by atoms with Gasteiger partial charge < -0.3 is 15.1 Å². The predicted octanol–water partition coefficient (Wildman–Crippen LogP) is 2.11. The van der Waals surface area contributed by atoms with Gasteiger partial charge in [-0.15, -0.1) is 0 Å². The second-order valence-corrected chi connectivity index (χ2v) is 6.18. The number of non-ortho nitro benzene ring substituents is 1. The molecule has 1 aromatic carbocycles. The summed E-state index contributed by atoms with van der Waals surface area (Å²) in [6.07, 6.45) is 2.07. The first-order valence-electron chi connectivity index (χ1n) is 7.75. The number of nitro groups is 1. The summed E-state index contributed by atoms with van der Waals surface area (Å²) in [6, 6.07) is 6.17. The van der Waals surface area contributed by atoms with Crippen LogP contribution in [0.2, 0.25) is 0 Å². The van der Waals surface area contributed by atoms with Crippen LogP contribution in [0.15, 0.2) is 24.3 Å². The molecule has 22 heavy (non-hydrogen) atoms. The van der Waals surface area contributed by atoms with Crippen molar-refractivity contribution in [3.05, 3.63) is 39.9 Å². The minimum atomic E-state index is -0.733. The van der Waals surface area contributed by atoms with E-state index in [1.165, 1.54) is 12.1 Å². The van der Waals surface area contributed by atoms with Crippen LogP contribution in [0.4, 0.5) is 5.69 Å². The number of nitrogens with zero attached hydrogens (tertiary/aromatic N) is 2. The van der Waals surface area contributed by atoms with Crippen LogP contribution in [0.1, 0.15) is 37.9 Å². The molecule has 0 radical (unpaired) electrons. The molecule has 1 aliphatic rings. The van der Waals surface area contributed by atoms with Gasteiger partial charge in [0.2, 0.25) is 0 Å². The Hall–Kier alpha value is -1.50. The topological polar surface area (TPSA) is 86.8 Å². The van der Waals surface area contributed by atoms with Crippen molar-refractivity contribution in [3.63, 3.8) is 0 Å². The summed E-state index contributed by atoms with van der Waals surface area (Å²) in [6.45, 7) is 4.45. The van der Waals surface area contributed by atoms with Crippen LogP contribution in [-0.4, -0.2) is 46.3 Å². The summed E-state index contributed by atoms with van der Waals surface area (Å²) in [4.78, 5) is 12.5. The maximum atomic E-state index is 10.8. The molecular formula is C16H24N2O4. The number of likely N-dealkylation sites (tertiary alicyclic amines) is 1. The van der Waals surface area contributed by atoms with Gasteiger partial charge in [-0.25, -0.2) is 0 Å². The third-order valence-electron chi connectivity index (χ3n) is 4.90. The first-order valence-corrected chi connectivity index (χ1v) is 7.75. The zero-order chi connectivity index (χ0) is 16.2. The number of benzene rings is 1. The standard InChI is InChI=1S/C16H24N2O4/c1-2-16(12-19)6-8-17(9-7-16)11-15(20)13-4-3-5-14(10-13)18(21)22/h3-5,10,15,19-20H,2,6-9,11-12H2,1H3. The van der Waals surface area contributed by atoms with E-state index in [0.717, 1.165) is 32.4 Å². The van der Waals surface area contributed by atoms with E-state index in [1.54, 1.807) is 12.1 Å². The van der Waals surface area contributed by atoms with Crippen LogP contribution < -0.4 is 0 Å². The fourth-order valence-corrected chi connectivity index (χ4v) is 3.03. The van der Waals surface area contributed by atoms with E-state index < -0.39 is 11.0 Å². The smallest absolute Gasteiger partial charge is 0.269 e. The molecule has 0 amide bonds. The molecule has 1 aliphatic heterocycles. The van der Waals surface area contributed by atoms with E-state index in [9.17, 15) is 20.3 Å². The van der Waals surface area contributed by atoms with Crippen molar-refractivity contribution >= 4 is 5.69 Å². The molecule has 0 aliphatic carbocycles. The third kappa shape index (κ3) is 3.82. The highest BCUT2D eigenvalue weighted by Crippen LogP contribution is 2.34. The number of β-amino-alcohol motifs (C(OH)–C–C–N with tert-alkyl or cyclic N) is 1. The molecule has 0 spiro atoms. The van der Waals surface area contributed by atoms with Gasteiger partial charge in [-0.1, -0.05) is 19.1 Å². The highest BCUT2D eigenvalue weighted by atomic mass is 16.6. The lowest BCUT2D eigenvalue weighted by Crippen LogP contribution is -2.43. The van der Waals surface area contributed by atoms with Crippen LogP contribution in [0.25, 0.3) is 0 Å². The van der Waals surface area contributed by atoms with E-state index in [-0.39, 0.29) is 17.7 Å². The van der Waals surface area contributed by atoms with Crippen LogP contribution in [-0.2, 0) is 0 Å². The van der Waals surface area contributed by atoms with Crippen molar-refractivity contribution in [1.82, 2.24) is 4.90 Å². The maximum absolute atomic E-state index is 10.8. The molecule has 1 fully saturated rings. The molecule has 2 N–H and O–H groups in total. The molecule has 1 aromatic rings. The highest BCUT2D eigenvalue weighted by Gasteiger charge is 2.32. The number of aliphatic hydroxyl groups excluding tert-OH is 2. The van der Waals surface area contributed by atoms with Gasteiger partial charge in [-0.05, 0) is 43.3 Å². The van der Waals surface area contributed by atoms with E-state index in [1.807, 2.05) is 0 Å². The van der Waals surface area contributed by atoms with Gasteiger partial charge in [-0.2, -0.15) is 0 Å². The monoisotopic (exact) mass is 308 g/mol. The normalized spacial score (nSPS) is 19.8. The van der Waals surface area contributed by atoms with Crippen molar-refractivity contribution in [2.24, 2.45) is 5.41 Å². The molecule has 6 heteroatoms. The Bertz CT molecular complexity index is 507. The van der Waals surface area contributed by atoms with Gasteiger partial charge in [0.05, 0.1) is 11.0 Å². The quantitative estimate of drug-likeness (QED) is 0.621. The third-order valence-corrected chi connectivity index (χ3v) is 4.90. The average molecular weight is 308 g/mol. The molecule has 1 unspecified atom stereocenters. The van der Waals surface area contributed by atoms with Crippen molar-refractivity contribution < 1.29 is 15.1 Å². The fourth-order valence-electron chi connectivity index (χ4n) is 3.03. The lowest BCUT2D eigenvalue weighted by molar-refractivity contribution is -0.385. The Morgan fingerprint density at radius 2 is 2.09 bits per heavy atom. The minimum Gasteiger partial charge on any atom is -0.396 e. The average Bonchev–Trinajstić information content (AvgIpc) is 2.56. The van der Waals surface area contributed by atoms with Crippen molar-refractivity contribution in [2.75, 3.05) is 26.2 Å². The Labute approximate surface area is 130 Å². The van der Waals surface area contributed by atoms with Gasteiger partial charge in [0.1, 0.15) is 0 Å². The summed E-state index contributed by atoms with van der Waals surface area (Å²) < 4.78 is 0. The molecule has 0 saturated carbocycles. The molecule has 1 heterocycles. The summed E-state index contributed by atoms with van der Waals surface area (Å²) in [7, 11) is 0. The zero-order valence-electron chi connectivity index (χ0n) is 12.9. The van der Waals surface area contributed by atoms with E-state index in [0.29, 0.717) is 12.1 Å². The van der Waals surface area contributed by atoms with Gasteiger partial charge >= 0.3 is 0 Å². The van der Waals surface area contributed by atoms with Gasteiger partial charge in [0, 0.05) is 25.3 Å². The molecule has 6 nitrogen and oxygen atoms in total. The maximum Gasteiger partial charge on any atom is 0.269 e. The second-order valence-electron chi connectivity index (χ2n) is 6.18. The summed E-state index contributed by atoms with van der Waals surface area (Å²) >= 11 is 0. The van der Waals surface area contributed by atoms with E-state index in [2.05, 4.69) is 11.8 Å². The van der Waals surface area contributed by atoms with Crippen molar-refractivity contribution in [3.8, 4) is 0 Å². The van der Waals surface area contributed by atoms with E-state index >= 15 is 0 Å². The second kappa shape index (κ2) is 7.17. The van der Waals surface area contributed by atoms with Crippen LogP contribution in [0, 0.1) is 15.5 Å². The molecule has 1 atom stereocenters. The Morgan fingerprint density at radius 1 is 1.41 bits per heavy atom. The lowest BCUT2D eigenvalue weighted by atomic mass is 9.77. The van der Waals surface area contributed by atoms with Crippen molar-refractivity contribution in [2.45, 2.75) is 32.3 Å². The van der Waals surface area contributed by atoms with E-state index in [4.69, 9.17) is 0 Å². The van der Waals surface area contributed by atoms with Gasteiger partial charge in [0.15, 0.2) is 0 Å². The largest absolute Gasteiger partial charge is 0.396 e. The summed E-state index contributed by atoms with van der Waals surface area (Å²) in [5.41, 5.74) is 0.594. The highest BCUT2D eigenvalue weighted by molar-refractivity contribution is 5.35. The molecule has 1 saturated heterocycles. The van der Waals surface area contributed by atoms with Crippen LogP contribution in [0.3, 0.4) is 0 Å². The molecule has 0 aromatic heterocycles. The predicted molar refractivity (Wildman–Crippen MR) is 83.5 cm³/mol. The number of hydrogen-bond acceptors (Lipinski definition) is 5. The number of piperidine rings is 1. The fraction of sp³-hybridized carbons (Fsp3) is 0.625. The number of nitro benzene ring substituents is 1. The summed E-state index contributed by atoms with van der Waals surface area (Å²) in [5, 5.41) is 30.6. The minimum absolute atomic E-state index is 0.000439. The lowest BCUT2D eigenvalue weighted by Gasteiger charge is -2.40. The molecule has 122 valence electrons. The SMILES string of the molecule is CCC1(CO)CCN(CC(O)c2cccc([N+](=O)[O-])c2)CC1. The van der Waals surface area contributed by atoms with Crippen LogP contribution in [0.5, 0.6) is 0 Å². The number of rotatable bonds is 6. The Balaban J connectivity index is 1.94. The molecular weight excluding hydrogens is 284 g/mol. The number of hydrogen-bond donors (Lipinski definition) is 2. The molecule has 2 rings (SSSR count). The van der Waals surface area contributed by atoms with Crippen molar-refractivity contribution in [1.29, 1.82) is 0 Å². The zero-order valence-corrected chi connectivity index (χ0v) is 12.9. The van der Waals surface area contributed by atoms with Gasteiger partial charge in [-0.3, -0.25) is 10.1 Å². The first kappa shape index (κ1) is 16.9. The Kier molecular flexibility index (Phi) is 5.50. The molecule has 0 bridgehead atoms. The number of aliphatic hydroxyl groups is 2. The van der Waals surface area contributed by atoms with Crippen LogP contribution >= 0.6 is 0 Å². The first-order chi connectivity index (χ1) is 10.5. The summed E-state index contributed by atoms with van der Waals surface area (Å²) in [5.74, 6) is 0. The Morgan fingerprint density at radius 3 is 2.64 bits per heavy atom.